The first-order chi connectivity index (χ1) is 27.3. The van der Waals surface area contributed by atoms with Crippen LogP contribution in [0.1, 0.15) is 190 Å². The number of fused-ring (bicyclic) bond motifs is 5. The summed E-state index contributed by atoms with van der Waals surface area (Å²) in [6.45, 7) is 17.0. The number of aliphatic hydroxyl groups is 3. The lowest BCUT2D eigenvalue weighted by Crippen LogP contribution is -2.60. The largest absolute Gasteiger partial charge is 0.463 e. The van der Waals surface area contributed by atoms with E-state index in [1.165, 1.54) is 82.6 Å². The van der Waals surface area contributed by atoms with Crippen LogP contribution in [0, 0.1) is 52.3 Å². The minimum atomic E-state index is -1.44. The summed E-state index contributed by atoms with van der Waals surface area (Å²) in [6, 6.07) is 0. The smallest absolute Gasteiger partial charge is 0.305 e. The molecule has 0 aromatic heterocycles. The molecule has 1 aliphatic heterocycles. The molecule has 328 valence electrons. The van der Waals surface area contributed by atoms with Crippen LogP contribution in [0.3, 0.4) is 0 Å². The maximum absolute atomic E-state index is 12.6. The molecule has 3 saturated carbocycles. The van der Waals surface area contributed by atoms with Crippen molar-refractivity contribution in [3.05, 3.63) is 23.8 Å². The highest BCUT2D eigenvalue weighted by atomic mass is 16.7. The van der Waals surface area contributed by atoms with Gasteiger partial charge in [0.25, 0.3) is 0 Å². The van der Waals surface area contributed by atoms with E-state index in [2.05, 4.69) is 66.7 Å². The molecular formula is C50H86O7. The van der Waals surface area contributed by atoms with Crippen LogP contribution < -0.4 is 0 Å². The lowest BCUT2D eigenvalue weighted by Gasteiger charge is -2.58. The molecule has 14 atom stereocenters. The highest BCUT2D eigenvalue weighted by molar-refractivity contribution is 5.69. The second-order valence-electron chi connectivity index (χ2n) is 20.4. The third-order valence-electron chi connectivity index (χ3n) is 16.6. The van der Waals surface area contributed by atoms with Gasteiger partial charge in [-0.2, -0.15) is 0 Å². The van der Waals surface area contributed by atoms with E-state index in [0.717, 1.165) is 93.3 Å². The third-order valence-corrected chi connectivity index (χ3v) is 16.6. The fourth-order valence-electron chi connectivity index (χ4n) is 12.8. The number of unbranched alkanes of at least 4 members (excludes halogenated alkanes) is 8. The Balaban J connectivity index is 1.06. The predicted molar refractivity (Wildman–Crippen MR) is 230 cm³/mol. The number of carbonyl (C=O) groups excluding carboxylic acids is 1. The van der Waals surface area contributed by atoms with Crippen molar-refractivity contribution < 1.29 is 34.3 Å². The second kappa shape index (κ2) is 22.0. The summed E-state index contributed by atoms with van der Waals surface area (Å²) in [5.74, 6) is 5.21. The third kappa shape index (κ3) is 11.6. The summed E-state index contributed by atoms with van der Waals surface area (Å²) < 4.78 is 18.0. The Bertz CT molecular complexity index is 1280. The SMILES string of the molecule is CCCCC/C=C\CCCCCCCC(=O)OCC1OC(OC2CCC3(C)C(=CCC4C3CCC3(C)C(C(C)CCC(CC)C(C)C)CCC43)C2)C(O)C(O)C1O. The molecule has 0 amide bonds. The van der Waals surface area contributed by atoms with Crippen molar-refractivity contribution in [3.8, 4) is 0 Å². The molecule has 7 heteroatoms. The van der Waals surface area contributed by atoms with Gasteiger partial charge in [0.15, 0.2) is 6.29 Å². The highest BCUT2D eigenvalue weighted by Crippen LogP contribution is 2.67. The van der Waals surface area contributed by atoms with Crippen LogP contribution in [-0.4, -0.2) is 64.7 Å². The Labute approximate surface area is 348 Å². The average Bonchev–Trinajstić information content (AvgIpc) is 3.55. The van der Waals surface area contributed by atoms with Gasteiger partial charge < -0.3 is 29.5 Å². The number of aliphatic hydroxyl groups excluding tert-OH is 3. The van der Waals surface area contributed by atoms with Crippen molar-refractivity contribution in [3.63, 3.8) is 0 Å². The molecule has 0 bridgehead atoms. The molecule has 3 N–H and O–H groups in total. The van der Waals surface area contributed by atoms with Gasteiger partial charge in [0.1, 0.15) is 31.0 Å². The number of ether oxygens (including phenoxy) is 3. The standard InChI is InChI=1S/C50H86O7/c1-8-10-11-12-13-14-15-16-17-18-19-20-21-44(51)55-33-43-45(52)46(53)47(54)48(57-43)56-38-28-30-49(6)37(32-38)24-25-39-41-27-26-40(50(41,7)31-29-42(39)49)35(5)22-23-36(9-2)34(3)4/h13-14,24,34-36,38-43,45-48,52-54H,8-12,15-23,25-33H2,1-7H3/b14-13-. The van der Waals surface area contributed by atoms with Crippen molar-refractivity contribution in [1.29, 1.82) is 0 Å². The number of hydrogen-bond acceptors (Lipinski definition) is 7. The molecule has 1 saturated heterocycles. The van der Waals surface area contributed by atoms with Gasteiger partial charge in [0, 0.05) is 6.42 Å². The number of carbonyl (C=O) groups is 1. The molecule has 7 nitrogen and oxygen atoms in total. The zero-order valence-electron chi connectivity index (χ0n) is 37.5. The Morgan fingerprint density at radius 1 is 0.860 bits per heavy atom. The first-order valence-corrected chi connectivity index (χ1v) is 24.2. The van der Waals surface area contributed by atoms with Crippen molar-refractivity contribution in [1.82, 2.24) is 0 Å². The van der Waals surface area contributed by atoms with Gasteiger partial charge in [-0.1, -0.05) is 117 Å². The number of esters is 1. The van der Waals surface area contributed by atoms with Crippen molar-refractivity contribution in [2.75, 3.05) is 6.61 Å². The molecule has 57 heavy (non-hydrogen) atoms. The minimum Gasteiger partial charge on any atom is -0.463 e. The molecule has 5 rings (SSSR count). The molecule has 0 radical (unpaired) electrons. The predicted octanol–water partition coefficient (Wildman–Crippen LogP) is 11.3. The second-order valence-corrected chi connectivity index (χ2v) is 20.4. The average molecular weight is 799 g/mol. The first kappa shape index (κ1) is 46.8. The molecule has 4 fully saturated rings. The van der Waals surface area contributed by atoms with E-state index in [9.17, 15) is 20.1 Å². The summed E-state index contributed by atoms with van der Waals surface area (Å²) in [6.07, 6.45) is 25.8. The van der Waals surface area contributed by atoms with Crippen LogP contribution in [0.15, 0.2) is 23.8 Å². The topological polar surface area (TPSA) is 105 Å². The molecule has 1 heterocycles. The van der Waals surface area contributed by atoms with Crippen LogP contribution >= 0.6 is 0 Å². The maximum atomic E-state index is 12.6. The van der Waals surface area contributed by atoms with E-state index in [-0.39, 0.29) is 24.1 Å². The van der Waals surface area contributed by atoms with Crippen LogP contribution in [0.5, 0.6) is 0 Å². The van der Waals surface area contributed by atoms with Gasteiger partial charge in [-0.3, -0.25) is 4.79 Å². The van der Waals surface area contributed by atoms with Gasteiger partial charge in [0.2, 0.25) is 0 Å². The zero-order chi connectivity index (χ0) is 41.2. The van der Waals surface area contributed by atoms with Crippen LogP contribution in [0.25, 0.3) is 0 Å². The van der Waals surface area contributed by atoms with E-state index in [0.29, 0.717) is 17.8 Å². The Hall–Kier alpha value is -1.25. The Morgan fingerprint density at radius 2 is 1.58 bits per heavy atom. The van der Waals surface area contributed by atoms with Gasteiger partial charge in [-0.05, 0) is 142 Å². The van der Waals surface area contributed by atoms with Gasteiger partial charge >= 0.3 is 5.97 Å². The fourth-order valence-corrected chi connectivity index (χ4v) is 12.8. The first-order valence-electron chi connectivity index (χ1n) is 24.2. The molecule has 0 aromatic carbocycles. The molecule has 5 aliphatic rings. The quantitative estimate of drug-likeness (QED) is 0.0569. The molecule has 4 aliphatic carbocycles. The Morgan fingerprint density at radius 3 is 2.30 bits per heavy atom. The fraction of sp³-hybridized carbons (Fsp3) is 0.900. The Kier molecular flexibility index (Phi) is 18.1. The van der Waals surface area contributed by atoms with Gasteiger partial charge in [0.05, 0.1) is 6.10 Å². The summed E-state index contributed by atoms with van der Waals surface area (Å²) in [4.78, 5) is 12.6. The zero-order valence-corrected chi connectivity index (χ0v) is 37.5. The van der Waals surface area contributed by atoms with Crippen molar-refractivity contribution in [2.24, 2.45) is 52.3 Å². The van der Waals surface area contributed by atoms with Crippen molar-refractivity contribution >= 4 is 5.97 Å². The van der Waals surface area contributed by atoms with Crippen LogP contribution in [0.4, 0.5) is 0 Å². The van der Waals surface area contributed by atoms with E-state index >= 15 is 0 Å². The van der Waals surface area contributed by atoms with Crippen molar-refractivity contribution in [2.45, 2.75) is 227 Å². The van der Waals surface area contributed by atoms with Gasteiger partial charge in [-0.25, -0.2) is 0 Å². The summed E-state index contributed by atoms with van der Waals surface area (Å²) in [5, 5.41) is 32.5. The lowest BCUT2D eigenvalue weighted by atomic mass is 9.47. The number of hydrogen-bond donors (Lipinski definition) is 3. The molecule has 14 unspecified atom stereocenters. The minimum absolute atomic E-state index is 0.142. The van der Waals surface area contributed by atoms with E-state index in [1.54, 1.807) is 0 Å². The van der Waals surface area contributed by atoms with Crippen LogP contribution in [-0.2, 0) is 19.0 Å². The summed E-state index contributed by atoms with van der Waals surface area (Å²) in [5.41, 5.74) is 2.12. The molecule has 0 spiro atoms. The monoisotopic (exact) mass is 799 g/mol. The molecular weight excluding hydrogens is 713 g/mol. The van der Waals surface area contributed by atoms with Gasteiger partial charge in [-0.15, -0.1) is 0 Å². The number of rotatable bonds is 22. The summed E-state index contributed by atoms with van der Waals surface area (Å²) in [7, 11) is 0. The van der Waals surface area contributed by atoms with E-state index in [4.69, 9.17) is 14.2 Å². The lowest BCUT2D eigenvalue weighted by molar-refractivity contribution is -0.313. The normalized spacial score (nSPS) is 37.7. The highest BCUT2D eigenvalue weighted by Gasteiger charge is 2.59. The molecule has 0 aromatic rings. The van der Waals surface area contributed by atoms with E-state index in [1.807, 2.05) is 0 Å². The van der Waals surface area contributed by atoms with E-state index < -0.39 is 30.7 Å². The summed E-state index contributed by atoms with van der Waals surface area (Å²) >= 11 is 0. The van der Waals surface area contributed by atoms with Crippen LogP contribution in [0.2, 0.25) is 0 Å². The maximum Gasteiger partial charge on any atom is 0.305 e. The number of allylic oxidation sites excluding steroid dienone is 3.